The molecule has 0 radical (unpaired) electrons. The molecule has 7 nitrogen and oxygen atoms in total. The maximum Gasteiger partial charge on any atom is 0.208 e. The van der Waals surface area contributed by atoms with Gasteiger partial charge in [0, 0.05) is 12.5 Å². The molecule has 0 bridgehead atoms. The van der Waals surface area contributed by atoms with Crippen LogP contribution in [0, 0.1) is 0 Å². The molecule has 0 aliphatic carbocycles. The monoisotopic (exact) mass is 330 g/mol. The van der Waals surface area contributed by atoms with Crippen molar-refractivity contribution in [1.82, 2.24) is 0 Å². The standard InChI is InChI=1S/C17H14O7/c18-10-4-2-1-3-8(10)5-6-9-7-11(19)12-13(20)14(21)15(22)16(23)17(12)24-9/h1-4,7,18,20-23H,5-6H2. The maximum absolute atomic E-state index is 12.1. The first-order valence-corrected chi connectivity index (χ1v) is 7.09. The van der Waals surface area contributed by atoms with Gasteiger partial charge in [-0.25, -0.2) is 0 Å². The summed E-state index contributed by atoms with van der Waals surface area (Å²) in [6.07, 6.45) is 0.614. The number of aromatic hydroxyl groups is 5. The number of hydrogen-bond donors (Lipinski definition) is 5. The molecular formula is C17H14O7. The van der Waals surface area contributed by atoms with E-state index in [1.165, 1.54) is 6.07 Å². The fourth-order valence-electron chi connectivity index (χ4n) is 2.49. The van der Waals surface area contributed by atoms with Crippen LogP contribution in [0.2, 0.25) is 0 Å². The van der Waals surface area contributed by atoms with Gasteiger partial charge in [0.15, 0.2) is 16.8 Å². The highest BCUT2D eigenvalue weighted by Crippen LogP contribution is 2.47. The Morgan fingerprint density at radius 2 is 1.50 bits per heavy atom. The van der Waals surface area contributed by atoms with Crippen LogP contribution in [0.4, 0.5) is 0 Å². The molecule has 0 aliphatic heterocycles. The Morgan fingerprint density at radius 1 is 0.833 bits per heavy atom. The zero-order chi connectivity index (χ0) is 17.4. The number of fused-ring (bicyclic) bond motifs is 1. The molecule has 0 amide bonds. The minimum absolute atomic E-state index is 0.115. The van der Waals surface area contributed by atoms with Crippen molar-refractivity contribution in [2.45, 2.75) is 12.8 Å². The van der Waals surface area contributed by atoms with Gasteiger partial charge in [0.25, 0.3) is 0 Å². The van der Waals surface area contributed by atoms with Gasteiger partial charge in [0.2, 0.25) is 17.2 Å². The molecular weight excluding hydrogens is 316 g/mol. The van der Waals surface area contributed by atoms with Gasteiger partial charge in [-0.1, -0.05) is 18.2 Å². The summed E-state index contributed by atoms with van der Waals surface area (Å²) in [4.78, 5) is 12.1. The van der Waals surface area contributed by atoms with Gasteiger partial charge in [0.1, 0.15) is 16.9 Å². The van der Waals surface area contributed by atoms with Gasteiger partial charge in [-0.15, -0.1) is 0 Å². The van der Waals surface area contributed by atoms with Crippen molar-refractivity contribution < 1.29 is 29.9 Å². The summed E-state index contributed by atoms with van der Waals surface area (Å²) in [5, 5.41) is 48.0. The zero-order valence-corrected chi connectivity index (χ0v) is 12.4. The maximum atomic E-state index is 12.1. The molecule has 3 aromatic rings. The summed E-state index contributed by atoms with van der Waals surface area (Å²) in [6.45, 7) is 0. The Kier molecular flexibility index (Phi) is 3.69. The summed E-state index contributed by atoms with van der Waals surface area (Å²) < 4.78 is 5.39. The van der Waals surface area contributed by atoms with Crippen molar-refractivity contribution in [2.75, 3.05) is 0 Å². The van der Waals surface area contributed by atoms with Crippen molar-refractivity contribution in [2.24, 2.45) is 0 Å². The van der Waals surface area contributed by atoms with Crippen LogP contribution in [-0.2, 0) is 12.8 Å². The van der Waals surface area contributed by atoms with Crippen molar-refractivity contribution in [3.63, 3.8) is 0 Å². The Bertz CT molecular complexity index is 988. The number of benzene rings is 2. The number of hydrogen-bond acceptors (Lipinski definition) is 7. The largest absolute Gasteiger partial charge is 0.508 e. The molecule has 1 heterocycles. The van der Waals surface area contributed by atoms with Crippen molar-refractivity contribution >= 4 is 11.0 Å². The van der Waals surface area contributed by atoms with Gasteiger partial charge in [-0.2, -0.15) is 0 Å². The fourth-order valence-corrected chi connectivity index (χ4v) is 2.49. The molecule has 124 valence electrons. The third-order valence-electron chi connectivity index (χ3n) is 3.76. The lowest BCUT2D eigenvalue weighted by molar-refractivity contribution is 0.345. The van der Waals surface area contributed by atoms with Crippen LogP contribution < -0.4 is 5.43 Å². The topological polar surface area (TPSA) is 131 Å². The van der Waals surface area contributed by atoms with Gasteiger partial charge < -0.3 is 29.9 Å². The van der Waals surface area contributed by atoms with Crippen molar-refractivity contribution in [3.8, 4) is 28.7 Å². The second kappa shape index (κ2) is 5.69. The number of aryl methyl sites for hydroxylation is 2. The summed E-state index contributed by atoms with van der Waals surface area (Å²) in [7, 11) is 0. The van der Waals surface area contributed by atoms with E-state index >= 15 is 0 Å². The number of phenolic OH excluding ortho intramolecular Hbond substituents is 5. The fraction of sp³-hybridized carbons (Fsp3) is 0.118. The first-order chi connectivity index (χ1) is 11.4. The van der Waals surface area contributed by atoms with Crippen LogP contribution >= 0.6 is 0 Å². The third-order valence-corrected chi connectivity index (χ3v) is 3.76. The number of phenols is 5. The number of para-hydroxylation sites is 1. The molecule has 0 fully saturated rings. The van der Waals surface area contributed by atoms with Crippen LogP contribution in [0.1, 0.15) is 11.3 Å². The van der Waals surface area contributed by atoms with Gasteiger partial charge in [-0.05, 0) is 18.1 Å². The summed E-state index contributed by atoms with van der Waals surface area (Å²) in [5.41, 5.74) is -0.435. The quantitative estimate of drug-likeness (QED) is 0.367. The minimum atomic E-state index is -0.991. The predicted molar refractivity (Wildman–Crippen MR) is 84.7 cm³/mol. The molecule has 7 heteroatoms. The van der Waals surface area contributed by atoms with Crippen LogP contribution in [-0.4, -0.2) is 25.5 Å². The Balaban J connectivity index is 2.05. The van der Waals surface area contributed by atoms with Crippen LogP contribution in [0.5, 0.6) is 28.7 Å². The minimum Gasteiger partial charge on any atom is -0.508 e. The highest BCUT2D eigenvalue weighted by atomic mass is 16.4. The molecule has 3 rings (SSSR count). The molecule has 0 aliphatic rings. The summed E-state index contributed by atoms with van der Waals surface area (Å²) >= 11 is 0. The lowest BCUT2D eigenvalue weighted by Gasteiger charge is -2.09. The third kappa shape index (κ3) is 2.45. The average molecular weight is 330 g/mol. The first-order valence-electron chi connectivity index (χ1n) is 7.09. The van der Waals surface area contributed by atoms with Gasteiger partial charge in [0.05, 0.1) is 0 Å². The summed E-state index contributed by atoms with van der Waals surface area (Å²) in [6, 6.07) is 7.83. The van der Waals surface area contributed by atoms with E-state index in [0.717, 1.165) is 6.07 Å². The molecule has 5 N–H and O–H groups in total. The molecule has 0 unspecified atom stereocenters. The number of rotatable bonds is 3. The highest BCUT2D eigenvalue weighted by molar-refractivity contribution is 5.93. The molecule has 2 aromatic carbocycles. The van der Waals surface area contributed by atoms with Crippen LogP contribution in [0.25, 0.3) is 11.0 Å². The SMILES string of the molecule is O=c1cc(CCc2ccccc2O)oc2c(O)c(O)c(O)c(O)c12. The normalized spacial score (nSPS) is 11.0. The second-order valence-corrected chi connectivity index (χ2v) is 5.30. The smallest absolute Gasteiger partial charge is 0.208 e. The molecule has 24 heavy (non-hydrogen) atoms. The van der Waals surface area contributed by atoms with E-state index in [-0.39, 0.29) is 17.9 Å². The molecule has 0 saturated heterocycles. The van der Waals surface area contributed by atoms with E-state index in [1.54, 1.807) is 18.2 Å². The van der Waals surface area contributed by atoms with Crippen LogP contribution in [0.15, 0.2) is 39.5 Å². The molecule has 0 atom stereocenters. The van der Waals surface area contributed by atoms with Crippen molar-refractivity contribution in [3.05, 3.63) is 51.9 Å². The second-order valence-electron chi connectivity index (χ2n) is 5.30. The Morgan fingerprint density at radius 3 is 2.21 bits per heavy atom. The Hall–Kier alpha value is -3.35. The van der Waals surface area contributed by atoms with Gasteiger partial charge in [-0.3, -0.25) is 4.79 Å². The predicted octanol–water partition coefficient (Wildman–Crippen LogP) is 2.11. The van der Waals surface area contributed by atoms with E-state index in [9.17, 15) is 30.3 Å². The van der Waals surface area contributed by atoms with Crippen molar-refractivity contribution in [1.29, 1.82) is 0 Å². The summed E-state index contributed by atoms with van der Waals surface area (Å²) in [5.74, 6) is -3.35. The lowest BCUT2D eigenvalue weighted by atomic mass is 10.1. The van der Waals surface area contributed by atoms with E-state index < -0.39 is 39.4 Å². The van der Waals surface area contributed by atoms with E-state index in [2.05, 4.69) is 0 Å². The zero-order valence-electron chi connectivity index (χ0n) is 12.4. The van der Waals surface area contributed by atoms with Gasteiger partial charge >= 0.3 is 0 Å². The lowest BCUT2D eigenvalue weighted by Crippen LogP contribution is -2.04. The average Bonchev–Trinajstić information content (AvgIpc) is 2.57. The van der Waals surface area contributed by atoms with E-state index in [1.807, 2.05) is 0 Å². The van der Waals surface area contributed by atoms with E-state index in [4.69, 9.17) is 4.42 Å². The van der Waals surface area contributed by atoms with E-state index in [0.29, 0.717) is 12.0 Å². The molecule has 0 spiro atoms. The molecule has 0 saturated carbocycles. The Labute approximate surface area is 135 Å². The first kappa shape index (κ1) is 15.5. The molecule has 1 aromatic heterocycles. The van der Waals surface area contributed by atoms with Crippen LogP contribution in [0.3, 0.4) is 0 Å². The highest BCUT2D eigenvalue weighted by Gasteiger charge is 2.22.